The van der Waals surface area contributed by atoms with Crippen molar-refractivity contribution >= 4 is 17.2 Å². The van der Waals surface area contributed by atoms with E-state index in [1.54, 1.807) is 0 Å². The van der Waals surface area contributed by atoms with Crippen LogP contribution in [-0.4, -0.2) is 10.1 Å². The van der Waals surface area contributed by atoms with Crippen LogP contribution in [0.1, 0.15) is 12.5 Å². The Morgan fingerprint density at radius 3 is 2.64 bits per heavy atom. The lowest BCUT2D eigenvalue weighted by Gasteiger charge is -2.02. The molecule has 1 amide bonds. The zero-order valence-corrected chi connectivity index (χ0v) is 8.54. The first-order valence-electron chi connectivity index (χ1n) is 4.04. The molecule has 0 radical (unpaired) electrons. The van der Waals surface area contributed by atoms with Crippen molar-refractivity contribution in [2.24, 2.45) is 0 Å². The molecule has 0 aliphatic rings. The number of carbonyl (C=O) groups excluding carboxylic acids is 1. The second kappa shape index (κ2) is 5.51. The maximum atomic E-state index is 11.0. The summed E-state index contributed by atoms with van der Waals surface area (Å²) < 4.78 is 18.0. The molecule has 1 N–H and O–H groups in total. The first-order valence-corrected chi connectivity index (χ1v) is 5.12. The van der Waals surface area contributed by atoms with Gasteiger partial charge in [-0.05, 0) is 5.56 Å². The number of nitrogens with one attached hydrogen (secondary N) is 1. The number of carbonyl (C=O) groups is 1. The minimum atomic E-state index is -1.75. The number of amides is 1. The quantitative estimate of drug-likeness (QED) is 0.809. The minimum Gasteiger partial charge on any atom is -0.274 e. The van der Waals surface area contributed by atoms with Gasteiger partial charge >= 0.3 is 0 Å². The Morgan fingerprint density at radius 2 is 2.07 bits per heavy atom. The summed E-state index contributed by atoms with van der Waals surface area (Å²) in [5, 5.41) is 0. The van der Waals surface area contributed by atoms with Crippen molar-refractivity contribution in [1.29, 1.82) is 0 Å². The average molecular weight is 213 g/mol. The normalized spacial score (nSPS) is 12.1. The lowest BCUT2D eigenvalue weighted by Crippen LogP contribution is -2.23. The summed E-state index contributed by atoms with van der Waals surface area (Å²) in [6.07, 6.45) is 0. The first-order chi connectivity index (χ1) is 6.68. The third kappa shape index (κ3) is 4.15. The van der Waals surface area contributed by atoms with Gasteiger partial charge in [-0.2, -0.15) is 0 Å². The molecule has 1 aromatic carbocycles. The molecule has 1 rings (SSSR count). The third-order valence-corrected chi connectivity index (χ3v) is 2.19. The Bertz CT molecular complexity index is 326. The zero-order chi connectivity index (χ0) is 10.4. The van der Waals surface area contributed by atoms with Gasteiger partial charge in [0.2, 0.25) is 5.91 Å². The second-order valence-corrected chi connectivity index (χ2v) is 3.55. The van der Waals surface area contributed by atoms with Crippen molar-refractivity contribution in [3.05, 3.63) is 35.9 Å². The van der Waals surface area contributed by atoms with Crippen LogP contribution in [0.15, 0.2) is 30.3 Å². The number of hydrogen-bond acceptors (Lipinski definition) is 3. The summed E-state index contributed by atoms with van der Waals surface area (Å²) in [7, 11) is 0. The molecule has 0 aromatic heterocycles. The first kappa shape index (κ1) is 10.9. The Labute approximate surface area is 85.1 Å². The monoisotopic (exact) mass is 213 g/mol. The molecule has 14 heavy (non-hydrogen) atoms. The van der Waals surface area contributed by atoms with E-state index in [0.29, 0.717) is 0 Å². The van der Waals surface area contributed by atoms with Gasteiger partial charge in [0.15, 0.2) is 0 Å². The molecule has 0 spiro atoms. The fourth-order valence-corrected chi connectivity index (χ4v) is 1.38. The van der Waals surface area contributed by atoms with Crippen molar-refractivity contribution in [1.82, 2.24) is 4.72 Å². The van der Waals surface area contributed by atoms with Crippen molar-refractivity contribution in [2.75, 3.05) is 0 Å². The van der Waals surface area contributed by atoms with Crippen molar-refractivity contribution in [2.45, 2.75) is 13.5 Å². The van der Waals surface area contributed by atoms with Gasteiger partial charge in [-0.3, -0.25) is 13.7 Å². The molecule has 1 unspecified atom stereocenters. The number of benzene rings is 1. The molecule has 0 aliphatic heterocycles. The molecular weight excluding hydrogens is 202 g/mol. The van der Waals surface area contributed by atoms with Crippen LogP contribution in [0.2, 0.25) is 0 Å². The van der Waals surface area contributed by atoms with E-state index >= 15 is 0 Å². The molecule has 1 aromatic rings. The minimum absolute atomic E-state index is 0.216. The largest absolute Gasteiger partial charge is 0.274 e. The highest BCUT2D eigenvalue weighted by atomic mass is 32.2. The number of rotatable bonds is 4. The summed E-state index contributed by atoms with van der Waals surface area (Å²) in [5.41, 5.74) is 0.909. The van der Waals surface area contributed by atoms with Gasteiger partial charge in [0.1, 0.15) is 0 Å². The van der Waals surface area contributed by atoms with E-state index in [-0.39, 0.29) is 12.5 Å². The van der Waals surface area contributed by atoms with Crippen LogP contribution in [-0.2, 0) is 26.9 Å². The highest BCUT2D eigenvalue weighted by Crippen LogP contribution is 2.00. The van der Waals surface area contributed by atoms with Gasteiger partial charge in [0.05, 0.1) is 6.61 Å². The Balaban J connectivity index is 2.34. The van der Waals surface area contributed by atoms with Crippen LogP contribution in [0, 0.1) is 0 Å². The molecular formula is C9H11NO3S. The highest BCUT2D eigenvalue weighted by molar-refractivity contribution is 7.78. The van der Waals surface area contributed by atoms with E-state index in [1.807, 2.05) is 30.3 Å². The molecule has 0 saturated heterocycles. The molecule has 0 saturated carbocycles. The lowest BCUT2D eigenvalue weighted by atomic mass is 10.2. The molecule has 1 atom stereocenters. The van der Waals surface area contributed by atoms with E-state index in [9.17, 15) is 9.00 Å². The van der Waals surface area contributed by atoms with E-state index in [4.69, 9.17) is 4.18 Å². The van der Waals surface area contributed by atoms with Crippen molar-refractivity contribution in [3.8, 4) is 0 Å². The second-order valence-electron chi connectivity index (χ2n) is 2.64. The lowest BCUT2D eigenvalue weighted by molar-refractivity contribution is -0.117. The fraction of sp³-hybridized carbons (Fsp3) is 0.222. The fourth-order valence-electron chi connectivity index (χ4n) is 0.843. The van der Waals surface area contributed by atoms with Crippen LogP contribution >= 0.6 is 0 Å². The molecule has 76 valence electrons. The van der Waals surface area contributed by atoms with Gasteiger partial charge in [-0.1, -0.05) is 30.3 Å². The molecule has 0 bridgehead atoms. The van der Waals surface area contributed by atoms with Crippen LogP contribution in [0.25, 0.3) is 0 Å². The van der Waals surface area contributed by atoms with Crippen molar-refractivity contribution in [3.63, 3.8) is 0 Å². The Kier molecular flexibility index (Phi) is 4.28. The highest BCUT2D eigenvalue weighted by Gasteiger charge is 2.01. The number of hydrogen-bond donors (Lipinski definition) is 1. The van der Waals surface area contributed by atoms with Gasteiger partial charge in [-0.15, -0.1) is 0 Å². The van der Waals surface area contributed by atoms with Crippen LogP contribution in [0.4, 0.5) is 0 Å². The molecule has 5 heteroatoms. The maximum absolute atomic E-state index is 11.0. The van der Waals surface area contributed by atoms with Crippen LogP contribution < -0.4 is 4.72 Å². The topological polar surface area (TPSA) is 55.4 Å². The summed E-state index contributed by atoms with van der Waals surface area (Å²) in [6, 6.07) is 9.31. The summed E-state index contributed by atoms with van der Waals surface area (Å²) in [6.45, 7) is 1.50. The summed E-state index contributed by atoms with van der Waals surface area (Å²) in [4.78, 5) is 10.5. The molecule has 4 nitrogen and oxygen atoms in total. The van der Waals surface area contributed by atoms with Crippen molar-refractivity contribution < 1.29 is 13.2 Å². The van der Waals surface area contributed by atoms with Crippen LogP contribution in [0.3, 0.4) is 0 Å². The van der Waals surface area contributed by atoms with Gasteiger partial charge < -0.3 is 0 Å². The Hall–Kier alpha value is -1.20. The molecule has 0 aliphatic carbocycles. The van der Waals surface area contributed by atoms with E-state index < -0.39 is 11.3 Å². The van der Waals surface area contributed by atoms with Gasteiger partial charge in [0.25, 0.3) is 11.3 Å². The standard InChI is InChI=1S/C9H11NO3S/c1-8(11)10-14(12)13-7-9-5-3-2-4-6-9/h2-6H,7H2,1H3,(H,10,11). The SMILES string of the molecule is CC(=O)NS(=O)OCc1ccccc1. The van der Waals surface area contributed by atoms with E-state index in [0.717, 1.165) is 5.56 Å². The van der Waals surface area contributed by atoms with Gasteiger partial charge in [0, 0.05) is 6.92 Å². The van der Waals surface area contributed by atoms with E-state index in [1.165, 1.54) is 6.92 Å². The van der Waals surface area contributed by atoms with Crippen LogP contribution in [0.5, 0.6) is 0 Å². The predicted octanol–water partition coefficient (Wildman–Crippen LogP) is 0.918. The molecule has 0 fully saturated rings. The Morgan fingerprint density at radius 1 is 1.43 bits per heavy atom. The maximum Gasteiger partial charge on any atom is 0.264 e. The van der Waals surface area contributed by atoms with Gasteiger partial charge in [-0.25, -0.2) is 4.21 Å². The summed E-state index contributed by atoms with van der Waals surface area (Å²) in [5.74, 6) is -0.378. The summed E-state index contributed by atoms with van der Waals surface area (Å²) >= 11 is -1.75. The average Bonchev–Trinajstić information content (AvgIpc) is 2.15. The molecule has 0 heterocycles. The van der Waals surface area contributed by atoms with E-state index in [2.05, 4.69) is 4.72 Å². The zero-order valence-electron chi connectivity index (χ0n) is 7.73. The predicted molar refractivity (Wildman–Crippen MR) is 53.2 cm³/mol. The third-order valence-electron chi connectivity index (χ3n) is 1.40. The smallest absolute Gasteiger partial charge is 0.264 e.